The molecule has 0 aliphatic carbocycles. The molecular weight excluding hydrogens is 470 g/mol. The molecule has 12 heteroatoms. The van der Waals surface area contributed by atoms with Gasteiger partial charge in [-0.1, -0.05) is 12.1 Å². The van der Waals surface area contributed by atoms with Crippen LogP contribution in [0.2, 0.25) is 0 Å². The smallest absolute Gasteiger partial charge is 0.261 e. The summed E-state index contributed by atoms with van der Waals surface area (Å²) in [7, 11) is -7.49. The number of nitrogens with zero attached hydrogens (tertiary/aromatic N) is 1. The number of piperidine rings is 1. The SMILES string of the molecule is CS(=O)(=O)c1cccc(S(=O)(=O)N2CCC(C(=O)Nc3cccc4c3C(=O)NC4=O)CC2)c1. The molecule has 2 heterocycles. The van der Waals surface area contributed by atoms with E-state index in [2.05, 4.69) is 10.6 Å². The molecule has 0 aromatic heterocycles. The standard InChI is InChI=1S/C21H21N3O7S2/c1-32(28,29)14-4-2-5-15(12-14)33(30,31)24-10-8-13(9-11-24)19(25)22-17-7-3-6-16-18(17)21(27)23-20(16)26/h2-7,12-13H,8-11H2,1H3,(H,22,25)(H,23,26,27). The van der Waals surface area contributed by atoms with Gasteiger partial charge in [-0.15, -0.1) is 0 Å². The zero-order chi connectivity index (χ0) is 24.0. The summed E-state index contributed by atoms with van der Waals surface area (Å²) in [5.74, 6) is -1.96. The van der Waals surface area contributed by atoms with Crippen LogP contribution in [0.1, 0.15) is 33.6 Å². The third kappa shape index (κ3) is 4.41. The number of benzene rings is 2. The molecule has 1 fully saturated rings. The number of carbonyl (C=O) groups is 3. The van der Waals surface area contributed by atoms with Crippen molar-refractivity contribution in [1.82, 2.24) is 9.62 Å². The van der Waals surface area contributed by atoms with Crippen molar-refractivity contribution >= 4 is 43.3 Å². The Hall–Kier alpha value is -3.09. The molecule has 33 heavy (non-hydrogen) atoms. The summed E-state index contributed by atoms with van der Waals surface area (Å²) < 4.78 is 50.7. The van der Waals surface area contributed by atoms with Gasteiger partial charge in [0.15, 0.2) is 9.84 Å². The van der Waals surface area contributed by atoms with Crippen LogP contribution in [0.5, 0.6) is 0 Å². The molecule has 0 unspecified atom stereocenters. The number of imide groups is 1. The van der Waals surface area contributed by atoms with Gasteiger partial charge in [0.2, 0.25) is 15.9 Å². The second-order valence-electron chi connectivity index (χ2n) is 7.93. The number of anilines is 1. The first-order chi connectivity index (χ1) is 15.5. The first-order valence-electron chi connectivity index (χ1n) is 10.1. The molecule has 0 radical (unpaired) electrons. The fourth-order valence-corrected chi connectivity index (χ4v) is 6.19. The van der Waals surface area contributed by atoms with Gasteiger partial charge in [-0.3, -0.25) is 19.7 Å². The zero-order valence-corrected chi connectivity index (χ0v) is 19.2. The molecule has 10 nitrogen and oxygen atoms in total. The third-order valence-corrected chi connectivity index (χ3v) is 8.72. The highest BCUT2D eigenvalue weighted by atomic mass is 32.2. The Kier molecular flexibility index (Phi) is 5.85. The van der Waals surface area contributed by atoms with Crippen LogP contribution in [0.25, 0.3) is 0 Å². The largest absolute Gasteiger partial charge is 0.325 e. The Bertz CT molecular complexity index is 1380. The lowest BCUT2D eigenvalue weighted by Gasteiger charge is -2.30. The maximum Gasteiger partial charge on any atom is 0.261 e. The Morgan fingerprint density at radius 1 is 0.970 bits per heavy atom. The van der Waals surface area contributed by atoms with Gasteiger partial charge in [0.1, 0.15) is 0 Å². The van der Waals surface area contributed by atoms with E-state index in [0.29, 0.717) is 0 Å². The number of sulfonamides is 1. The highest BCUT2D eigenvalue weighted by Gasteiger charge is 2.34. The van der Waals surface area contributed by atoms with Gasteiger partial charge < -0.3 is 5.32 Å². The molecule has 3 amide bonds. The minimum absolute atomic E-state index is 0.0788. The molecule has 2 N–H and O–H groups in total. The van der Waals surface area contributed by atoms with Crippen molar-refractivity contribution in [3.63, 3.8) is 0 Å². The van der Waals surface area contributed by atoms with Crippen LogP contribution in [0.15, 0.2) is 52.3 Å². The fourth-order valence-electron chi connectivity index (χ4n) is 3.93. The Balaban J connectivity index is 1.45. The molecule has 2 aromatic carbocycles. The van der Waals surface area contributed by atoms with Gasteiger partial charge in [0.25, 0.3) is 11.8 Å². The molecular formula is C21H21N3O7S2. The molecule has 0 atom stereocenters. The lowest BCUT2D eigenvalue weighted by Crippen LogP contribution is -2.41. The van der Waals surface area contributed by atoms with E-state index in [1.165, 1.54) is 34.6 Å². The number of hydrogen-bond donors (Lipinski definition) is 2. The first kappa shape index (κ1) is 23.1. The number of hydrogen-bond acceptors (Lipinski definition) is 7. The molecule has 174 valence electrons. The summed E-state index contributed by atoms with van der Waals surface area (Å²) in [6.45, 7) is 0.158. The first-order valence-corrected chi connectivity index (χ1v) is 13.4. The van der Waals surface area contributed by atoms with E-state index in [-0.39, 0.29) is 58.4 Å². The monoisotopic (exact) mass is 491 g/mol. The second kappa shape index (κ2) is 8.36. The fraction of sp³-hybridized carbons (Fsp3) is 0.286. The number of carbonyl (C=O) groups excluding carboxylic acids is 3. The number of rotatable bonds is 5. The minimum Gasteiger partial charge on any atom is -0.325 e. The minimum atomic E-state index is -3.93. The quantitative estimate of drug-likeness (QED) is 0.594. The number of amides is 3. The van der Waals surface area contributed by atoms with Gasteiger partial charge in [-0.25, -0.2) is 16.8 Å². The van der Waals surface area contributed by atoms with E-state index in [9.17, 15) is 31.2 Å². The topological polar surface area (TPSA) is 147 Å². The molecule has 0 bridgehead atoms. The van der Waals surface area contributed by atoms with Crippen molar-refractivity contribution in [2.24, 2.45) is 5.92 Å². The van der Waals surface area contributed by atoms with Crippen molar-refractivity contribution in [3.8, 4) is 0 Å². The summed E-state index contributed by atoms with van der Waals surface area (Å²) in [6, 6.07) is 9.77. The van der Waals surface area contributed by atoms with Crippen molar-refractivity contribution in [1.29, 1.82) is 0 Å². The van der Waals surface area contributed by atoms with Crippen molar-refractivity contribution in [3.05, 3.63) is 53.6 Å². The molecule has 2 aromatic rings. The normalized spacial score (nSPS) is 17.5. The molecule has 4 rings (SSSR count). The van der Waals surface area contributed by atoms with Crippen LogP contribution in [0, 0.1) is 5.92 Å². The van der Waals surface area contributed by atoms with E-state index in [0.717, 1.165) is 12.3 Å². The highest BCUT2D eigenvalue weighted by Crippen LogP contribution is 2.28. The van der Waals surface area contributed by atoms with Crippen LogP contribution in [0.4, 0.5) is 5.69 Å². The van der Waals surface area contributed by atoms with Crippen molar-refractivity contribution < 1.29 is 31.2 Å². The highest BCUT2D eigenvalue weighted by molar-refractivity contribution is 7.91. The average Bonchev–Trinajstić information content (AvgIpc) is 3.07. The second-order valence-corrected chi connectivity index (χ2v) is 11.9. The molecule has 0 saturated carbocycles. The van der Waals surface area contributed by atoms with E-state index in [1.807, 2.05) is 0 Å². The predicted octanol–water partition coefficient (Wildman–Crippen LogP) is 1.01. The summed E-state index contributed by atoms with van der Waals surface area (Å²) >= 11 is 0. The van der Waals surface area contributed by atoms with Crippen molar-refractivity contribution in [2.45, 2.75) is 22.6 Å². The third-order valence-electron chi connectivity index (χ3n) is 5.72. The number of sulfone groups is 1. The molecule has 0 spiro atoms. The van der Waals surface area contributed by atoms with Crippen LogP contribution >= 0.6 is 0 Å². The maximum absolute atomic E-state index is 13.0. The lowest BCUT2D eigenvalue weighted by atomic mass is 9.96. The lowest BCUT2D eigenvalue weighted by molar-refractivity contribution is -0.120. The van der Waals surface area contributed by atoms with Crippen LogP contribution in [-0.2, 0) is 24.7 Å². The van der Waals surface area contributed by atoms with Crippen molar-refractivity contribution in [2.75, 3.05) is 24.7 Å². The van der Waals surface area contributed by atoms with E-state index in [4.69, 9.17) is 0 Å². The van der Waals surface area contributed by atoms with Crippen LogP contribution in [0.3, 0.4) is 0 Å². The number of fused-ring (bicyclic) bond motifs is 1. The Labute approximate surface area is 190 Å². The Morgan fingerprint density at radius 3 is 2.27 bits per heavy atom. The van der Waals surface area contributed by atoms with E-state index >= 15 is 0 Å². The summed E-state index contributed by atoms with van der Waals surface area (Å²) in [4.78, 5) is 36.4. The molecule has 1 saturated heterocycles. The van der Waals surface area contributed by atoms with Gasteiger partial charge >= 0.3 is 0 Å². The predicted molar refractivity (Wildman–Crippen MR) is 118 cm³/mol. The van der Waals surface area contributed by atoms with Gasteiger partial charge in [-0.2, -0.15) is 4.31 Å². The summed E-state index contributed by atoms with van der Waals surface area (Å²) in [5.41, 5.74) is 0.533. The number of nitrogens with one attached hydrogen (secondary N) is 2. The average molecular weight is 492 g/mol. The van der Waals surface area contributed by atoms with Gasteiger partial charge in [0.05, 0.1) is 26.6 Å². The van der Waals surface area contributed by atoms with Gasteiger partial charge in [-0.05, 0) is 43.2 Å². The van der Waals surface area contributed by atoms with Crippen LogP contribution in [-0.4, -0.2) is 58.2 Å². The zero-order valence-electron chi connectivity index (χ0n) is 17.6. The van der Waals surface area contributed by atoms with Crippen LogP contribution < -0.4 is 10.6 Å². The van der Waals surface area contributed by atoms with E-state index < -0.39 is 37.6 Å². The van der Waals surface area contributed by atoms with Gasteiger partial charge in [0, 0.05) is 25.3 Å². The summed E-state index contributed by atoms with van der Waals surface area (Å²) in [5, 5.41) is 4.87. The Morgan fingerprint density at radius 2 is 1.61 bits per heavy atom. The van der Waals surface area contributed by atoms with E-state index in [1.54, 1.807) is 6.07 Å². The molecule has 2 aliphatic rings. The summed E-state index contributed by atoms with van der Waals surface area (Å²) in [6.07, 6.45) is 1.50. The molecule has 2 aliphatic heterocycles. The maximum atomic E-state index is 13.0.